The average molecular weight is 236 g/mol. The van der Waals surface area contributed by atoms with Crippen LogP contribution in [0.5, 0.6) is 5.75 Å². The number of carboxylic acid groups (broad SMARTS) is 1. The van der Waals surface area contributed by atoms with Gasteiger partial charge in [-0.25, -0.2) is 0 Å². The summed E-state index contributed by atoms with van der Waals surface area (Å²) in [4.78, 5) is 11.6. The molecule has 0 spiro atoms. The molecule has 1 aliphatic rings. The largest absolute Gasteiger partial charge is 0.544 e. The van der Waals surface area contributed by atoms with Crippen molar-refractivity contribution in [1.29, 1.82) is 0 Å². The van der Waals surface area contributed by atoms with Crippen LogP contribution in [0.15, 0.2) is 18.2 Å². The van der Waals surface area contributed by atoms with Crippen molar-refractivity contribution in [2.75, 3.05) is 18.8 Å². The quantitative estimate of drug-likeness (QED) is 0.626. The van der Waals surface area contributed by atoms with Gasteiger partial charge >= 0.3 is 0 Å². The first-order valence-corrected chi connectivity index (χ1v) is 5.51. The Morgan fingerprint density at radius 2 is 2.29 bits per heavy atom. The minimum atomic E-state index is -1.07. The lowest BCUT2D eigenvalue weighted by atomic mass is 10.0. The van der Waals surface area contributed by atoms with E-state index in [9.17, 15) is 9.90 Å². The molecule has 3 N–H and O–H groups in total. The number of carbonyl (C=O) groups excluding carboxylic acids is 1. The summed E-state index contributed by atoms with van der Waals surface area (Å²) in [5.74, 6) is -0.419. The zero-order chi connectivity index (χ0) is 12.6. The Balaban J connectivity index is 2.40. The lowest BCUT2D eigenvalue weighted by Gasteiger charge is -2.36. The second kappa shape index (κ2) is 3.92. The van der Waals surface area contributed by atoms with Gasteiger partial charge in [-0.3, -0.25) is 4.90 Å². The van der Waals surface area contributed by atoms with Crippen LogP contribution in [0, 0.1) is 0 Å². The number of hydrogen-bond acceptors (Lipinski definition) is 4. The van der Waals surface area contributed by atoms with Crippen molar-refractivity contribution in [3.8, 4) is 5.75 Å². The van der Waals surface area contributed by atoms with Crippen LogP contribution in [0.1, 0.15) is 13.8 Å². The van der Waals surface area contributed by atoms with Crippen molar-refractivity contribution in [2.45, 2.75) is 19.4 Å². The zero-order valence-corrected chi connectivity index (χ0v) is 9.95. The fourth-order valence-corrected chi connectivity index (χ4v) is 2.19. The summed E-state index contributed by atoms with van der Waals surface area (Å²) in [6, 6.07) is 5.28. The highest BCUT2D eigenvalue weighted by atomic mass is 16.5. The number of nitrogen functional groups attached to an aromatic ring is 1. The Kier molecular flexibility index (Phi) is 2.71. The summed E-state index contributed by atoms with van der Waals surface area (Å²) in [5.41, 5.74) is 6.72. The molecule has 17 heavy (non-hydrogen) atoms. The third-order valence-electron chi connectivity index (χ3n) is 2.77. The van der Waals surface area contributed by atoms with E-state index in [4.69, 9.17) is 10.5 Å². The number of nitrogens with one attached hydrogen (secondary N) is 1. The molecule has 1 aromatic rings. The van der Waals surface area contributed by atoms with Gasteiger partial charge < -0.3 is 20.4 Å². The van der Waals surface area contributed by atoms with Gasteiger partial charge in [-0.15, -0.1) is 0 Å². The normalized spacial score (nSPS) is 21.4. The van der Waals surface area contributed by atoms with Crippen LogP contribution in [0.4, 0.5) is 11.4 Å². The molecule has 0 bridgehead atoms. The third kappa shape index (κ3) is 2.50. The molecule has 0 amide bonds. The highest BCUT2D eigenvalue weighted by Gasteiger charge is 2.35. The molecule has 1 heterocycles. The van der Waals surface area contributed by atoms with Crippen LogP contribution in [0.3, 0.4) is 0 Å². The molecule has 5 nitrogen and oxygen atoms in total. The van der Waals surface area contributed by atoms with Crippen molar-refractivity contribution in [3.05, 3.63) is 18.2 Å². The number of aliphatic carboxylic acids is 1. The molecule has 1 aromatic carbocycles. The van der Waals surface area contributed by atoms with Crippen molar-refractivity contribution in [3.63, 3.8) is 0 Å². The van der Waals surface area contributed by atoms with E-state index in [1.165, 1.54) is 0 Å². The number of quaternary nitrogens is 1. The van der Waals surface area contributed by atoms with Crippen molar-refractivity contribution < 1.29 is 19.5 Å². The number of nitrogens with two attached hydrogens (primary N) is 1. The molecule has 2 rings (SSSR count). The van der Waals surface area contributed by atoms with Gasteiger partial charge in [0.25, 0.3) is 0 Å². The summed E-state index contributed by atoms with van der Waals surface area (Å²) in [7, 11) is 0. The second-order valence-corrected chi connectivity index (χ2v) is 4.95. The van der Waals surface area contributed by atoms with E-state index in [1.807, 2.05) is 13.8 Å². The second-order valence-electron chi connectivity index (χ2n) is 4.95. The van der Waals surface area contributed by atoms with Gasteiger partial charge in [-0.2, -0.15) is 0 Å². The summed E-state index contributed by atoms with van der Waals surface area (Å²) in [6.45, 7) is 4.37. The first-order chi connectivity index (χ1) is 7.87. The van der Waals surface area contributed by atoms with E-state index in [0.29, 0.717) is 18.0 Å². The van der Waals surface area contributed by atoms with Crippen LogP contribution in [-0.2, 0) is 4.79 Å². The number of carboxylic acids is 1. The van der Waals surface area contributed by atoms with Crippen LogP contribution in [0.25, 0.3) is 0 Å². The van der Waals surface area contributed by atoms with Gasteiger partial charge in [0, 0.05) is 17.8 Å². The summed E-state index contributed by atoms with van der Waals surface area (Å²) >= 11 is 0. The van der Waals surface area contributed by atoms with E-state index in [-0.39, 0.29) is 6.54 Å². The maximum atomic E-state index is 10.8. The van der Waals surface area contributed by atoms with Crippen LogP contribution >= 0.6 is 0 Å². The minimum absolute atomic E-state index is 0.0658. The van der Waals surface area contributed by atoms with Gasteiger partial charge in [0.2, 0.25) is 0 Å². The Labute approximate surface area is 99.8 Å². The van der Waals surface area contributed by atoms with Gasteiger partial charge in [0.1, 0.15) is 13.1 Å². The molecule has 5 heteroatoms. The fraction of sp³-hybridized carbons (Fsp3) is 0.417. The SMILES string of the molecule is CC1(C)C[NH+](CC(=O)[O-])c2ccc(N)cc2O1. The molecule has 0 saturated carbocycles. The van der Waals surface area contributed by atoms with E-state index < -0.39 is 11.6 Å². The molecule has 0 saturated heterocycles. The Hall–Kier alpha value is -1.75. The highest BCUT2D eigenvalue weighted by Crippen LogP contribution is 2.30. The molecule has 1 unspecified atom stereocenters. The fourth-order valence-electron chi connectivity index (χ4n) is 2.19. The van der Waals surface area contributed by atoms with Crippen LogP contribution in [-0.4, -0.2) is 24.7 Å². The van der Waals surface area contributed by atoms with E-state index in [2.05, 4.69) is 0 Å². The lowest BCUT2D eigenvalue weighted by molar-refractivity contribution is -0.838. The summed E-state index contributed by atoms with van der Waals surface area (Å²) in [5, 5.41) is 10.8. The van der Waals surface area contributed by atoms with Crippen molar-refractivity contribution in [2.24, 2.45) is 0 Å². The molecular formula is C12H16N2O3. The van der Waals surface area contributed by atoms with Crippen LogP contribution in [0.2, 0.25) is 0 Å². The number of anilines is 1. The molecule has 92 valence electrons. The van der Waals surface area contributed by atoms with Gasteiger partial charge in [0.05, 0.1) is 5.97 Å². The van der Waals surface area contributed by atoms with E-state index in [1.54, 1.807) is 18.2 Å². The molecule has 0 radical (unpaired) electrons. The first-order valence-electron chi connectivity index (χ1n) is 5.51. The van der Waals surface area contributed by atoms with Crippen molar-refractivity contribution in [1.82, 2.24) is 0 Å². The molecular weight excluding hydrogens is 220 g/mol. The monoisotopic (exact) mass is 236 g/mol. The minimum Gasteiger partial charge on any atom is -0.544 e. The number of carbonyl (C=O) groups is 1. The Morgan fingerprint density at radius 3 is 2.94 bits per heavy atom. The average Bonchev–Trinajstić information content (AvgIpc) is 2.13. The maximum Gasteiger partial charge on any atom is 0.183 e. The van der Waals surface area contributed by atoms with E-state index >= 15 is 0 Å². The molecule has 0 aliphatic carbocycles. The maximum absolute atomic E-state index is 10.8. The Bertz CT molecular complexity index is 457. The first kappa shape index (κ1) is 11.7. The highest BCUT2D eigenvalue weighted by molar-refractivity contribution is 5.66. The smallest absolute Gasteiger partial charge is 0.183 e. The summed E-state index contributed by atoms with van der Waals surface area (Å²) < 4.78 is 5.80. The van der Waals surface area contributed by atoms with Crippen LogP contribution < -0.4 is 20.5 Å². The molecule has 0 fully saturated rings. The lowest BCUT2D eigenvalue weighted by Crippen LogP contribution is -3.11. The molecule has 1 aliphatic heterocycles. The standard InChI is InChI=1S/C12H16N2O3/c1-12(2)7-14(6-11(15)16)9-4-3-8(13)5-10(9)17-12/h3-5H,6-7,13H2,1-2H3,(H,15,16). The predicted molar refractivity (Wildman–Crippen MR) is 60.9 cm³/mol. The van der Waals surface area contributed by atoms with Crippen molar-refractivity contribution >= 4 is 17.3 Å². The zero-order valence-electron chi connectivity index (χ0n) is 9.95. The number of benzene rings is 1. The number of rotatable bonds is 2. The predicted octanol–water partition coefficient (Wildman–Crippen LogP) is -1.29. The number of ether oxygens (including phenoxy) is 1. The molecule has 0 aromatic heterocycles. The van der Waals surface area contributed by atoms with Gasteiger partial charge in [0.15, 0.2) is 17.0 Å². The number of fused-ring (bicyclic) bond motifs is 1. The van der Waals surface area contributed by atoms with Gasteiger partial charge in [-0.05, 0) is 19.9 Å². The third-order valence-corrected chi connectivity index (χ3v) is 2.77. The summed E-state index contributed by atoms with van der Waals surface area (Å²) in [6.07, 6.45) is 0. The Morgan fingerprint density at radius 1 is 1.59 bits per heavy atom. The topological polar surface area (TPSA) is 79.8 Å². The van der Waals surface area contributed by atoms with Gasteiger partial charge in [-0.1, -0.05) is 0 Å². The van der Waals surface area contributed by atoms with E-state index in [0.717, 1.165) is 10.6 Å². The molecule has 1 atom stereocenters. The number of hydrogen-bond donors (Lipinski definition) is 2.